The molecule has 0 aliphatic carbocycles. The SMILES string of the molecule is C[C@H](Cc1ccccc1)NCC(=O)N1CC[C@@H](N(C)C)C1. The summed E-state index contributed by atoms with van der Waals surface area (Å²) >= 11 is 0. The third-order valence-electron chi connectivity index (χ3n) is 4.23. The zero-order valence-corrected chi connectivity index (χ0v) is 13.4. The number of carbonyl (C=O) groups is 1. The molecular weight excluding hydrogens is 262 g/mol. The second kappa shape index (κ2) is 7.57. The molecule has 1 heterocycles. The molecule has 4 nitrogen and oxygen atoms in total. The Hall–Kier alpha value is -1.39. The molecule has 0 saturated carbocycles. The number of nitrogens with zero attached hydrogens (tertiary/aromatic N) is 2. The van der Waals surface area contributed by atoms with Gasteiger partial charge in [-0.15, -0.1) is 0 Å². The van der Waals surface area contributed by atoms with Crippen molar-refractivity contribution in [2.45, 2.75) is 31.8 Å². The number of likely N-dealkylation sites (tertiary alicyclic amines) is 1. The van der Waals surface area contributed by atoms with Gasteiger partial charge in [0.25, 0.3) is 0 Å². The average Bonchev–Trinajstić information content (AvgIpc) is 2.96. The van der Waals surface area contributed by atoms with E-state index in [0.29, 0.717) is 18.6 Å². The topological polar surface area (TPSA) is 35.6 Å². The van der Waals surface area contributed by atoms with Gasteiger partial charge in [-0.3, -0.25) is 4.79 Å². The third-order valence-corrected chi connectivity index (χ3v) is 4.23. The lowest BCUT2D eigenvalue weighted by molar-refractivity contribution is -0.129. The van der Waals surface area contributed by atoms with Crippen molar-refractivity contribution in [3.63, 3.8) is 0 Å². The summed E-state index contributed by atoms with van der Waals surface area (Å²) in [6.45, 7) is 4.32. The molecule has 0 bridgehead atoms. The highest BCUT2D eigenvalue weighted by Gasteiger charge is 2.27. The van der Waals surface area contributed by atoms with Gasteiger partial charge in [-0.1, -0.05) is 30.3 Å². The zero-order chi connectivity index (χ0) is 15.2. The summed E-state index contributed by atoms with van der Waals surface area (Å²) in [6, 6.07) is 11.2. The fraction of sp³-hybridized carbons (Fsp3) is 0.588. The number of nitrogens with one attached hydrogen (secondary N) is 1. The maximum atomic E-state index is 12.2. The summed E-state index contributed by atoms with van der Waals surface area (Å²) in [6.07, 6.45) is 2.03. The highest BCUT2D eigenvalue weighted by atomic mass is 16.2. The van der Waals surface area contributed by atoms with Crippen molar-refractivity contribution in [2.24, 2.45) is 0 Å². The average molecular weight is 289 g/mol. The molecule has 116 valence electrons. The van der Waals surface area contributed by atoms with E-state index in [0.717, 1.165) is 25.9 Å². The predicted octanol–water partition coefficient (Wildman–Crippen LogP) is 1.37. The first kappa shape index (κ1) is 16.0. The van der Waals surface area contributed by atoms with Crippen LogP contribution < -0.4 is 5.32 Å². The Morgan fingerprint density at radius 2 is 2.10 bits per heavy atom. The Balaban J connectivity index is 1.72. The number of rotatable bonds is 6. The van der Waals surface area contributed by atoms with Gasteiger partial charge in [0.05, 0.1) is 6.54 Å². The van der Waals surface area contributed by atoms with Crippen LogP contribution in [0.25, 0.3) is 0 Å². The first-order valence-corrected chi connectivity index (χ1v) is 7.77. The Labute approximate surface area is 128 Å². The lowest BCUT2D eigenvalue weighted by atomic mass is 10.1. The molecule has 2 rings (SSSR count). The standard InChI is InChI=1S/C17H27N3O/c1-14(11-15-7-5-4-6-8-15)18-12-17(21)20-10-9-16(13-20)19(2)3/h4-8,14,16,18H,9-13H2,1-3H3/t14-,16-/m1/s1. The molecule has 21 heavy (non-hydrogen) atoms. The Kier molecular flexibility index (Phi) is 5.76. The molecular formula is C17H27N3O. The molecule has 1 aliphatic heterocycles. The van der Waals surface area contributed by atoms with Gasteiger partial charge >= 0.3 is 0 Å². The molecule has 1 N–H and O–H groups in total. The van der Waals surface area contributed by atoms with E-state index < -0.39 is 0 Å². The van der Waals surface area contributed by atoms with Gasteiger partial charge in [-0.05, 0) is 39.4 Å². The third kappa shape index (κ3) is 4.83. The summed E-state index contributed by atoms with van der Waals surface area (Å²) in [5.41, 5.74) is 1.30. The Morgan fingerprint density at radius 1 is 1.38 bits per heavy atom. The Morgan fingerprint density at radius 3 is 2.71 bits per heavy atom. The molecule has 1 aliphatic rings. The van der Waals surface area contributed by atoms with Gasteiger partial charge in [-0.25, -0.2) is 0 Å². The van der Waals surface area contributed by atoms with Crippen LogP contribution in [0.15, 0.2) is 30.3 Å². The minimum atomic E-state index is 0.222. The molecule has 1 fully saturated rings. The van der Waals surface area contributed by atoms with Crippen LogP contribution in [0.3, 0.4) is 0 Å². The summed E-state index contributed by atoms with van der Waals surface area (Å²) in [5.74, 6) is 0.222. The van der Waals surface area contributed by atoms with E-state index in [2.05, 4.69) is 55.5 Å². The molecule has 0 spiro atoms. The van der Waals surface area contributed by atoms with Crippen LogP contribution in [-0.2, 0) is 11.2 Å². The molecule has 0 aromatic heterocycles. The van der Waals surface area contributed by atoms with E-state index in [1.807, 2.05) is 11.0 Å². The zero-order valence-electron chi connectivity index (χ0n) is 13.4. The Bertz CT molecular complexity index is 447. The fourth-order valence-corrected chi connectivity index (χ4v) is 2.80. The number of benzene rings is 1. The van der Waals surface area contributed by atoms with Crippen molar-refractivity contribution in [1.29, 1.82) is 0 Å². The van der Waals surface area contributed by atoms with Gasteiger partial charge < -0.3 is 15.1 Å². The number of carbonyl (C=O) groups excluding carboxylic acids is 1. The van der Waals surface area contributed by atoms with Crippen molar-refractivity contribution in [2.75, 3.05) is 33.7 Å². The number of hydrogen-bond acceptors (Lipinski definition) is 3. The van der Waals surface area contributed by atoms with E-state index in [-0.39, 0.29) is 5.91 Å². The van der Waals surface area contributed by atoms with Crippen LogP contribution in [0.5, 0.6) is 0 Å². The molecule has 2 atom stereocenters. The number of amides is 1. The summed E-state index contributed by atoms with van der Waals surface area (Å²) in [4.78, 5) is 16.4. The highest BCUT2D eigenvalue weighted by Crippen LogP contribution is 2.13. The summed E-state index contributed by atoms with van der Waals surface area (Å²) in [7, 11) is 4.16. The van der Waals surface area contributed by atoms with Crippen LogP contribution in [0, 0.1) is 0 Å². The van der Waals surface area contributed by atoms with Crippen LogP contribution in [0.2, 0.25) is 0 Å². The van der Waals surface area contributed by atoms with E-state index in [1.165, 1.54) is 5.56 Å². The van der Waals surface area contributed by atoms with E-state index in [4.69, 9.17) is 0 Å². The molecule has 0 unspecified atom stereocenters. The molecule has 4 heteroatoms. The van der Waals surface area contributed by atoms with Crippen molar-refractivity contribution in [3.8, 4) is 0 Å². The molecule has 1 amide bonds. The van der Waals surface area contributed by atoms with Crippen molar-refractivity contribution < 1.29 is 4.79 Å². The quantitative estimate of drug-likeness (QED) is 0.859. The predicted molar refractivity (Wildman–Crippen MR) is 86.3 cm³/mol. The minimum absolute atomic E-state index is 0.222. The first-order valence-electron chi connectivity index (χ1n) is 7.77. The fourth-order valence-electron chi connectivity index (χ4n) is 2.80. The van der Waals surface area contributed by atoms with Crippen molar-refractivity contribution >= 4 is 5.91 Å². The van der Waals surface area contributed by atoms with Crippen molar-refractivity contribution in [3.05, 3.63) is 35.9 Å². The van der Waals surface area contributed by atoms with Crippen molar-refractivity contribution in [1.82, 2.24) is 15.1 Å². The number of likely N-dealkylation sites (N-methyl/N-ethyl adjacent to an activating group) is 1. The number of hydrogen-bond donors (Lipinski definition) is 1. The van der Waals surface area contributed by atoms with Gasteiger partial charge in [-0.2, -0.15) is 0 Å². The second-order valence-corrected chi connectivity index (χ2v) is 6.22. The molecule has 0 radical (unpaired) electrons. The normalized spacial score (nSPS) is 20.0. The monoisotopic (exact) mass is 289 g/mol. The van der Waals surface area contributed by atoms with Crippen LogP contribution in [0.1, 0.15) is 18.9 Å². The van der Waals surface area contributed by atoms with Gasteiger partial charge in [0, 0.05) is 25.2 Å². The second-order valence-electron chi connectivity index (χ2n) is 6.22. The van der Waals surface area contributed by atoms with E-state index in [1.54, 1.807) is 0 Å². The summed E-state index contributed by atoms with van der Waals surface area (Å²) < 4.78 is 0. The lowest BCUT2D eigenvalue weighted by Gasteiger charge is -2.21. The maximum absolute atomic E-state index is 12.2. The van der Waals surface area contributed by atoms with E-state index >= 15 is 0 Å². The molecule has 1 aromatic rings. The maximum Gasteiger partial charge on any atom is 0.236 e. The largest absolute Gasteiger partial charge is 0.340 e. The van der Waals surface area contributed by atoms with Crippen LogP contribution >= 0.6 is 0 Å². The van der Waals surface area contributed by atoms with E-state index in [9.17, 15) is 4.79 Å². The minimum Gasteiger partial charge on any atom is -0.340 e. The summed E-state index contributed by atoms with van der Waals surface area (Å²) in [5, 5.41) is 3.35. The van der Waals surface area contributed by atoms with Crippen LogP contribution in [0.4, 0.5) is 0 Å². The smallest absolute Gasteiger partial charge is 0.236 e. The van der Waals surface area contributed by atoms with Gasteiger partial charge in [0.15, 0.2) is 0 Å². The van der Waals surface area contributed by atoms with Gasteiger partial charge in [0.1, 0.15) is 0 Å². The first-order chi connectivity index (χ1) is 10.1. The van der Waals surface area contributed by atoms with Crippen LogP contribution in [-0.4, -0.2) is 61.5 Å². The van der Waals surface area contributed by atoms with Gasteiger partial charge in [0.2, 0.25) is 5.91 Å². The molecule has 1 saturated heterocycles. The highest BCUT2D eigenvalue weighted by molar-refractivity contribution is 5.78. The molecule has 1 aromatic carbocycles. The lowest BCUT2D eigenvalue weighted by Crippen LogP contribution is -2.41.